The molecule has 1 aliphatic heterocycles. The third kappa shape index (κ3) is 2.60. The largest absolute Gasteiger partial charge is 0.360 e. The van der Waals surface area contributed by atoms with E-state index in [0.717, 1.165) is 18.8 Å². The molecule has 3 heteroatoms. The van der Waals surface area contributed by atoms with Crippen LogP contribution in [-0.2, 0) is 4.79 Å². The Hall–Kier alpha value is -1.51. The smallest absolute Gasteiger partial charge is 0.242 e. The number of hydrogen-bond donors (Lipinski definition) is 0. The fraction of sp³-hybridized carbons (Fsp3) is 0.500. The lowest BCUT2D eigenvalue weighted by Crippen LogP contribution is -2.57. The number of hydrogen-bond acceptors (Lipinski definition) is 2. The van der Waals surface area contributed by atoms with Gasteiger partial charge in [0.05, 0.1) is 6.54 Å². The van der Waals surface area contributed by atoms with Crippen molar-refractivity contribution in [2.45, 2.75) is 26.3 Å². The number of para-hydroxylation sites is 1. The molecule has 1 fully saturated rings. The fourth-order valence-electron chi connectivity index (χ4n) is 2.24. The van der Waals surface area contributed by atoms with Crippen molar-refractivity contribution in [3.05, 3.63) is 30.3 Å². The number of rotatable bonds is 1. The standard InChI is InChI=1S/C14H20N2O/c1-14(2,3)16-10-9-15(11-13(16)17)12-7-5-4-6-8-12/h4-8H,9-11H2,1-3H3. The van der Waals surface area contributed by atoms with E-state index in [1.54, 1.807) is 0 Å². The van der Waals surface area contributed by atoms with Gasteiger partial charge in [0, 0.05) is 24.3 Å². The molecule has 0 spiro atoms. The van der Waals surface area contributed by atoms with Crippen molar-refractivity contribution >= 4 is 11.6 Å². The minimum Gasteiger partial charge on any atom is -0.360 e. The minimum absolute atomic E-state index is 0.0696. The number of amides is 1. The second-order valence-electron chi connectivity index (χ2n) is 5.47. The fourth-order valence-corrected chi connectivity index (χ4v) is 2.24. The van der Waals surface area contributed by atoms with Crippen LogP contribution in [0.2, 0.25) is 0 Å². The number of nitrogens with zero attached hydrogens (tertiary/aromatic N) is 2. The summed E-state index contributed by atoms with van der Waals surface area (Å²) in [7, 11) is 0. The van der Waals surface area contributed by atoms with Gasteiger partial charge in [0.25, 0.3) is 0 Å². The van der Waals surface area contributed by atoms with Gasteiger partial charge in [-0.15, -0.1) is 0 Å². The van der Waals surface area contributed by atoms with Crippen molar-refractivity contribution in [2.24, 2.45) is 0 Å². The van der Waals surface area contributed by atoms with E-state index in [1.807, 2.05) is 23.1 Å². The van der Waals surface area contributed by atoms with Gasteiger partial charge in [-0.2, -0.15) is 0 Å². The van der Waals surface area contributed by atoms with Crippen LogP contribution >= 0.6 is 0 Å². The van der Waals surface area contributed by atoms with Gasteiger partial charge in [0.15, 0.2) is 0 Å². The van der Waals surface area contributed by atoms with Crippen molar-refractivity contribution in [2.75, 3.05) is 24.5 Å². The van der Waals surface area contributed by atoms with Gasteiger partial charge < -0.3 is 9.80 Å². The first-order valence-electron chi connectivity index (χ1n) is 6.09. The molecular formula is C14H20N2O. The van der Waals surface area contributed by atoms with E-state index in [-0.39, 0.29) is 11.4 Å². The highest BCUT2D eigenvalue weighted by Gasteiger charge is 2.31. The first-order chi connectivity index (χ1) is 7.98. The molecule has 0 unspecified atom stereocenters. The Morgan fingerprint density at radius 1 is 1.06 bits per heavy atom. The van der Waals surface area contributed by atoms with E-state index < -0.39 is 0 Å². The van der Waals surface area contributed by atoms with E-state index in [0.29, 0.717) is 6.54 Å². The number of carbonyl (C=O) groups is 1. The Labute approximate surface area is 103 Å². The maximum Gasteiger partial charge on any atom is 0.242 e. The van der Waals surface area contributed by atoms with Gasteiger partial charge in [0.2, 0.25) is 5.91 Å². The van der Waals surface area contributed by atoms with Gasteiger partial charge >= 0.3 is 0 Å². The molecule has 1 heterocycles. The molecule has 1 saturated heterocycles. The Morgan fingerprint density at radius 2 is 1.71 bits per heavy atom. The normalized spacial score (nSPS) is 17.5. The van der Waals surface area contributed by atoms with E-state index >= 15 is 0 Å². The third-order valence-corrected chi connectivity index (χ3v) is 3.15. The van der Waals surface area contributed by atoms with Crippen molar-refractivity contribution in [1.29, 1.82) is 0 Å². The van der Waals surface area contributed by atoms with Crippen molar-refractivity contribution in [1.82, 2.24) is 4.90 Å². The summed E-state index contributed by atoms with van der Waals surface area (Å²) in [6.45, 7) is 8.46. The molecule has 0 N–H and O–H groups in total. The van der Waals surface area contributed by atoms with E-state index in [1.165, 1.54) is 0 Å². The van der Waals surface area contributed by atoms with Gasteiger partial charge in [-0.1, -0.05) is 18.2 Å². The Morgan fingerprint density at radius 3 is 2.24 bits per heavy atom. The molecule has 1 amide bonds. The molecule has 1 aromatic carbocycles. The molecule has 0 aromatic heterocycles. The molecule has 0 bridgehead atoms. The lowest BCUT2D eigenvalue weighted by molar-refractivity contribution is -0.135. The zero-order valence-corrected chi connectivity index (χ0v) is 10.8. The lowest BCUT2D eigenvalue weighted by Gasteiger charge is -2.42. The summed E-state index contributed by atoms with van der Waals surface area (Å²) < 4.78 is 0. The number of benzene rings is 1. The molecule has 17 heavy (non-hydrogen) atoms. The van der Waals surface area contributed by atoms with Gasteiger partial charge in [0.1, 0.15) is 0 Å². The summed E-state index contributed by atoms with van der Waals surface area (Å²) in [5.41, 5.74) is 1.06. The van der Waals surface area contributed by atoms with Crippen LogP contribution < -0.4 is 4.90 Å². The summed E-state index contributed by atoms with van der Waals surface area (Å²) >= 11 is 0. The van der Waals surface area contributed by atoms with Gasteiger partial charge in [-0.05, 0) is 32.9 Å². The second-order valence-corrected chi connectivity index (χ2v) is 5.47. The quantitative estimate of drug-likeness (QED) is 0.740. The summed E-state index contributed by atoms with van der Waals surface area (Å²) in [5, 5.41) is 0. The Kier molecular flexibility index (Phi) is 3.09. The lowest BCUT2D eigenvalue weighted by atomic mass is 10.0. The molecule has 0 atom stereocenters. The van der Waals surface area contributed by atoms with E-state index in [4.69, 9.17) is 0 Å². The molecular weight excluding hydrogens is 212 g/mol. The van der Waals surface area contributed by atoms with Gasteiger partial charge in [-0.25, -0.2) is 0 Å². The maximum absolute atomic E-state index is 12.1. The van der Waals surface area contributed by atoms with Crippen LogP contribution in [0.3, 0.4) is 0 Å². The highest BCUT2D eigenvalue weighted by atomic mass is 16.2. The van der Waals surface area contributed by atoms with Crippen LogP contribution in [-0.4, -0.2) is 36.0 Å². The summed E-state index contributed by atoms with van der Waals surface area (Å²) in [5.74, 6) is 0.215. The number of piperazine rings is 1. The Bertz CT molecular complexity index is 394. The molecule has 92 valence electrons. The van der Waals surface area contributed by atoms with Gasteiger partial charge in [-0.3, -0.25) is 4.79 Å². The molecule has 1 aromatic rings. The molecule has 2 rings (SSSR count). The van der Waals surface area contributed by atoms with Crippen LogP contribution in [0.1, 0.15) is 20.8 Å². The zero-order chi connectivity index (χ0) is 12.5. The highest BCUT2D eigenvalue weighted by molar-refractivity contribution is 5.83. The first-order valence-corrected chi connectivity index (χ1v) is 6.09. The highest BCUT2D eigenvalue weighted by Crippen LogP contribution is 2.21. The van der Waals surface area contributed by atoms with Crippen molar-refractivity contribution < 1.29 is 4.79 Å². The molecule has 0 radical (unpaired) electrons. The summed E-state index contributed by atoms with van der Waals surface area (Å²) in [6.07, 6.45) is 0. The summed E-state index contributed by atoms with van der Waals surface area (Å²) in [4.78, 5) is 16.2. The Balaban J connectivity index is 2.08. The second kappa shape index (κ2) is 4.40. The zero-order valence-electron chi connectivity index (χ0n) is 10.8. The first kappa shape index (κ1) is 12.0. The number of carbonyl (C=O) groups excluding carboxylic acids is 1. The van der Waals surface area contributed by atoms with Crippen molar-refractivity contribution in [3.63, 3.8) is 0 Å². The topological polar surface area (TPSA) is 23.6 Å². The summed E-state index contributed by atoms with van der Waals surface area (Å²) in [6, 6.07) is 10.1. The molecule has 0 saturated carbocycles. The SMILES string of the molecule is CC(C)(C)N1CCN(c2ccccc2)CC1=O. The average molecular weight is 232 g/mol. The van der Waals surface area contributed by atoms with E-state index in [2.05, 4.69) is 37.8 Å². The number of anilines is 1. The van der Waals surface area contributed by atoms with Crippen LogP contribution in [0, 0.1) is 0 Å². The minimum atomic E-state index is -0.0696. The predicted molar refractivity (Wildman–Crippen MR) is 70.1 cm³/mol. The molecule has 3 nitrogen and oxygen atoms in total. The van der Waals surface area contributed by atoms with E-state index in [9.17, 15) is 4.79 Å². The van der Waals surface area contributed by atoms with Crippen LogP contribution in [0.25, 0.3) is 0 Å². The maximum atomic E-state index is 12.1. The monoisotopic (exact) mass is 232 g/mol. The molecule has 1 aliphatic rings. The third-order valence-electron chi connectivity index (χ3n) is 3.15. The van der Waals surface area contributed by atoms with Crippen LogP contribution in [0.4, 0.5) is 5.69 Å². The predicted octanol–water partition coefficient (Wildman–Crippen LogP) is 2.13. The van der Waals surface area contributed by atoms with Crippen LogP contribution in [0.15, 0.2) is 30.3 Å². The van der Waals surface area contributed by atoms with Crippen molar-refractivity contribution in [3.8, 4) is 0 Å². The average Bonchev–Trinajstić information content (AvgIpc) is 2.28. The molecule has 0 aliphatic carbocycles. The van der Waals surface area contributed by atoms with Crippen LogP contribution in [0.5, 0.6) is 0 Å².